The standard InChI is InChI=1S/C12H16FN3O2/c13-9-3-6-16(7-9)12(18)10(14)11(17)8-1-4-15-5-2-8/h1-2,4-5,9-11,17H,3,6-7,14H2. The molecule has 0 saturated carbocycles. The van der Waals surface area contributed by atoms with E-state index in [2.05, 4.69) is 4.98 Å². The lowest BCUT2D eigenvalue weighted by molar-refractivity contribution is -0.134. The highest BCUT2D eigenvalue weighted by Crippen LogP contribution is 2.19. The van der Waals surface area contributed by atoms with Crippen molar-refractivity contribution in [1.29, 1.82) is 0 Å². The van der Waals surface area contributed by atoms with Gasteiger partial charge in [0, 0.05) is 18.9 Å². The molecular weight excluding hydrogens is 237 g/mol. The zero-order chi connectivity index (χ0) is 13.1. The van der Waals surface area contributed by atoms with Gasteiger partial charge in [-0.05, 0) is 24.1 Å². The van der Waals surface area contributed by atoms with Gasteiger partial charge in [-0.1, -0.05) is 0 Å². The number of likely N-dealkylation sites (tertiary alicyclic amines) is 1. The molecule has 0 spiro atoms. The zero-order valence-corrected chi connectivity index (χ0v) is 9.87. The van der Waals surface area contributed by atoms with Crippen LogP contribution in [0.2, 0.25) is 0 Å². The van der Waals surface area contributed by atoms with Crippen LogP contribution in [-0.2, 0) is 4.79 Å². The average Bonchev–Trinajstić information content (AvgIpc) is 2.84. The number of amides is 1. The molecule has 98 valence electrons. The van der Waals surface area contributed by atoms with E-state index in [0.717, 1.165) is 0 Å². The predicted molar refractivity (Wildman–Crippen MR) is 63.3 cm³/mol. The third-order valence-electron chi connectivity index (χ3n) is 3.12. The highest BCUT2D eigenvalue weighted by molar-refractivity contribution is 5.82. The summed E-state index contributed by atoms with van der Waals surface area (Å²) in [5.41, 5.74) is 6.26. The predicted octanol–water partition coefficient (Wildman–Crippen LogP) is 0.0127. The van der Waals surface area contributed by atoms with Gasteiger partial charge in [-0.3, -0.25) is 9.78 Å². The maximum atomic E-state index is 13.0. The fourth-order valence-electron chi connectivity index (χ4n) is 2.03. The second-order valence-corrected chi connectivity index (χ2v) is 4.42. The Hall–Kier alpha value is -1.53. The van der Waals surface area contributed by atoms with Gasteiger partial charge >= 0.3 is 0 Å². The van der Waals surface area contributed by atoms with Crippen LogP contribution in [0, 0.1) is 0 Å². The summed E-state index contributed by atoms with van der Waals surface area (Å²) in [7, 11) is 0. The first-order valence-corrected chi connectivity index (χ1v) is 5.86. The largest absolute Gasteiger partial charge is 0.386 e. The number of carbonyl (C=O) groups excluding carboxylic acids is 1. The van der Waals surface area contributed by atoms with E-state index in [1.165, 1.54) is 17.3 Å². The molecule has 0 radical (unpaired) electrons. The molecule has 18 heavy (non-hydrogen) atoms. The number of nitrogens with zero attached hydrogens (tertiary/aromatic N) is 2. The monoisotopic (exact) mass is 253 g/mol. The molecule has 1 aliphatic rings. The van der Waals surface area contributed by atoms with Crippen LogP contribution in [0.4, 0.5) is 4.39 Å². The van der Waals surface area contributed by atoms with Gasteiger partial charge in [0.25, 0.3) is 0 Å². The van der Waals surface area contributed by atoms with Crippen LogP contribution in [0.5, 0.6) is 0 Å². The number of hydrogen-bond donors (Lipinski definition) is 2. The van der Waals surface area contributed by atoms with E-state index in [0.29, 0.717) is 18.5 Å². The van der Waals surface area contributed by atoms with Crippen molar-refractivity contribution in [3.8, 4) is 0 Å². The van der Waals surface area contributed by atoms with Crippen LogP contribution in [0.3, 0.4) is 0 Å². The number of pyridine rings is 1. The molecule has 1 fully saturated rings. The summed E-state index contributed by atoms with van der Waals surface area (Å²) >= 11 is 0. The van der Waals surface area contributed by atoms with Crippen molar-refractivity contribution in [2.24, 2.45) is 5.73 Å². The van der Waals surface area contributed by atoms with Gasteiger partial charge < -0.3 is 15.7 Å². The highest BCUT2D eigenvalue weighted by Gasteiger charge is 2.32. The van der Waals surface area contributed by atoms with E-state index in [9.17, 15) is 14.3 Å². The topological polar surface area (TPSA) is 79.5 Å². The number of halogens is 1. The molecule has 0 bridgehead atoms. The van der Waals surface area contributed by atoms with Crippen LogP contribution in [0.1, 0.15) is 18.1 Å². The average molecular weight is 253 g/mol. The Labute approximate surface area is 104 Å². The minimum absolute atomic E-state index is 0.0651. The second kappa shape index (κ2) is 5.41. The van der Waals surface area contributed by atoms with E-state index >= 15 is 0 Å². The molecule has 3 unspecified atom stereocenters. The number of hydrogen-bond acceptors (Lipinski definition) is 4. The van der Waals surface area contributed by atoms with Crippen LogP contribution in [0.15, 0.2) is 24.5 Å². The third-order valence-corrected chi connectivity index (χ3v) is 3.12. The maximum absolute atomic E-state index is 13.0. The molecule has 2 heterocycles. The SMILES string of the molecule is NC(C(=O)N1CCC(F)C1)C(O)c1ccncc1. The second-order valence-electron chi connectivity index (χ2n) is 4.42. The van der Waals surface area contributed by atoms with Crippen molar-refractivity contribution in [2.75, 3.05) is 13.1 Å². The Balaban J connectivity index is 2.02. The first-order chi connectivity index (χ1) is 8.59. The van der Waals surface area contributed by atoms with Gasteiger partial charge in [0.15, 0.2) is 0 Å². The molecule has 6 heteroatoms. The van der Waals surface area contributed by atoms with Crippen molar-refractivity contribution in [2.45, 2.75) is 24.7 Å². The molecule has 5 nitrogen and oxygen atoms in total. The molecule has 3 N–H and O–H groups in total. The molecule has 2 rings (SSSR count). The molecule has 1 aromatic rings. The summed E-state index contributed by atoms with van der Waals surface area (Å²) in [4.78, 5) is 17.1. The van der Waals surface area contributed by atoms with Crippen LogP contribution in [0.25, 0.3) is 0 Å². The smallest absolute Gasteiger partial charge is 0.242 e. The van der Waals surface area contributed by atoms with Gasteiger partial charge in [0.2, 0.25) is 5.91 Å². The first kappa shape index (κ1) is 12.9. The zero-order valence-electron chi connectivity index (χ0n) is 9.87. The van der Waals surface area contributed by atoms with Crippen LogP contribution >= 0.6 is 0 Å². The Morgan fingerprint density at radius 3 is 2.78 bits per heavy atom. The molecule has 0 aromatic carbocycles. The molecule has 1 aliphatic heterocycles. The minimum atomic E-state index is -1.10. The normalized spacial score (nSPS) is 22.8. The van der Waals surface area contributed by atoms with E-state index in [1.54, 1.807) is 12.1 Å². The number of aromatic nitrogens is 1. The quantitative estimate of drug-likeness (QED) is 0.795. The van der Waals surface area contributed by atoms with E-state index in [-0.39, 0.29) is 6.54 Å². The first-order valence-electron chi connectivity index (χ1n) is 5.86. The van der Waals surface area contributed by atoms with E-state index < -0.39 is 24.2 Å². The number of carbonyl (C=O) groups is 1. The van der Waals surface area contributed by atoms with Gasteiger partial charge in [-0.15, -0.1) is 0 Å². The van der Waals surface area contributed by atoms with Crippen molar-refractivity contribution >= 4 is 5.91 Å². The molecule has 3 atom stereocenters. The maximum Gasteiger partial charge on any atom is 0.242 e. The summed E-state index contributed by atoms with van der Waals surface area (Å²) in [5.74, 6) is -0.417. The summed E-state index contributed by atoms with van der Waals surface area (Å²) in [6.07, 6.45) is 1.29. The van der Waals surface area contributed by atoms with Gasteiger partial charge in [0.05, 0.1) is 6.54 Å². The Bertz CT molecular complexity index is 415. The molecular formula is C12H16FN3O2. The lowest BCUT2D eigenvalue weighted by Gasteiger charge is -2.23. The molecule has 1 aromatic heterocycles. The lowest BCUT2D eigenvalue weighted by Crippen LogP contribution is -2.46. The van der Waals surface area contributed by atoms with E-state index in [1.807, 2.05) is 0 Å². The Morgan fingerprint density at radius 2 is 2.22 bits per heavy atom. The molecule has 1 amide bonds. The van der Waals surface area contributed by atoms with Gasteiger partial charge in [0.1, 0.15) is 18.3 Å². The van der Waals surface area contributed by atoms with Gasteiger partial charge in [-0.25, -0.2) is 4.39 Å². The summed E-state index contributed by atoms with van der Waals surface area (Å²) < 4.78 is 13.0. The summed E-state index contributed by atoms with van der Waals surface area (Å²) in [5, 5.41) is 9.99. The fourth-order valence-corrected chi connectivity index (χ4v) is 2.03. The number of rotatable bonds is 3. The summed E-state index contributed by atoms with van der Waals surface area (Å²) in [6, 6.07) is 2.12. The Kier molecular flexibility index (Phi) is 3.88. The summed E-state index contributed by atoms with van der Waals surface area (Å²) in [6.45, 7) is 0.423. The van der Waals surface area contributed by atoms with Crippen molar-refractivity contribution < 1.29 is 14.3 Å². The van der Waals surface area contributed by atoms with Crippen LogP contribution in [-0.4, -0.2) is 46.2 Å². The number of aliphatic hydroxyl groups is 1. The number of aliphatic hydroxyl groups excluding tert-OH is 1. The van der Waals surface area contributed by atoms with Crippen molar-refractivity contribution in [1.82, 2.24) is 9.88 Å². The highest BCUT2D eigenvalue weighted by atomic mass is 19.1. The lowest BCUT2D eigenvalue weighted by atomic mass is 10.0. The molecule has 0 aliphatic carbocycles. The van der Waals surface area contributed by atoms with Crippen molar-refractivity contribution in [3.05, 3.63) is 30.1 Å². The number of nitrogens with two attached hydrogens (primary N) is 1. The Morgan fingerprint density at radius 1 is 1.56 bits per heavy atom. The van der Waals surface area contributed by atoms with Crippen LogP contribution < -0.4 is 5.73 Å². The van der Waals surface area contributed by atoms with Gasteiger partial charge in [-0.2, -0.15) is 0 Å². The molecule has 1 saturated heterocycles. The third kappa shape index (κ3) is 2.65. The van der Waals surface area contributed by atoms with Crippen molar-refractivity contribution in [3.63, 3.8) is 0 Å². The fraction of sp³-hybridized carbons (Fsp3) is 0.500. The number of alkyl halides is 1. The van der Waals surface area contributed by atoms with E-state index in [4.69, 9.17) is 5.73 Å². The minimum Gasteiger partial charge on any atom is -0.386 e.